The van der Waals surface area contributed by atoms with Crippen LogP contribution in [0.15, 0.2) is 42.5 Å². The van der Waals surface area contributed by atoms with Gasteiger partial charge in [0.05, 0.1) is 0 Å². The second-order valence-electron chi connectivity index (χ2n) is 5.00. The Bertz CT molecular complexity index is 481. The number of nitrogens with one attached hydrogen (secondary N) is 1. The van der Waals surface area contributed by atoms with Crippen LogP contribution >= 0.6 is 9.24 Å². The van der Waals surface area contributed by atoms with Gasteiger partial charge in [0.2, 0.25) is 0 Å². The van der Waals surface area contributed by atoms with Crippen LogP contribution in [-0.4, -0.2) is 4.57 Å². The van der Waals surface area contributed by atoms with E-state index in [9.17, 15) is 0 Å². The summed E-state index contributed by atoms with van der Waals surface area (Å²) < 4.78 is 2.01. The number of aromatic nitrogens is 1. The van der Waals surface area contributed by atoms with Crippen LogP contribution in [0.25, 0.3) is 6.20 Å². The van der Waals surface area contributed by atoms with Crippen molar-refractivity contribution in [1.29, 1.82) is 0 Å². The van der Waals surface area contributed by atoms with Gasteiger partial charge in [-0.05, 0) is 37.3 Å². The van der Waals surface area contributed by atoms with Crippen LogP contribution in [0, 0.1) is 0 Å². The van der Waals surface area contributed by atoms with Gasteiger partial charge in [-0.15, -0.1) is 9.24 Å². The average Bonchev–Trinajstić information content (AvgIpc) is 2.79. The first-order valence-corrected chi connectivity index (χ1v) is 7.25. The van der Waals surface area contributed by atoms with Gasteiger partial charge in [0.1, 0.15) is 5.82 Å². The fourth-order valence-corrected chi connectivity index (χ4v) is 1.89. The lowest BCUT2D eigenvalue weighted by Crippen LogP contribution is -2.01. The molecular weight excluding hydrogens is 251 g/mol. The molecule has 1 aromatic heterocycles. The molecule has 1 atom stereocenters. The molecule has 1 unspecified atom stereocenters. The molecule has 19 heavy (non-hydrogen) atoms. The Balaban J connectivity index is 2.70. The molecule has 1 heterocycles. The molecule has 0 aromatic carbocycles. The highest BCUT2D eigenvalue weighted by atomic mass is 31.0. The lowest BCUT2D eigenvalue weighted by atomic mass is 10.1. The predicted molar refractivity (Wildman–Crippen MR) is 90.4 cm³/mol. The molecule has 0 aliphatic carbocycles. The molecule has 0 saturated heterocycles. The zero-order valence-electron chi connectivity index (χ0n) is 12.2. The van der Waals surface area contributed by atoms with Crippen LogP contribution in [0.4, 0.5) is 5.82 Å². The standard InChI is InChI=1S/C16H25N2P/c1-6-15(19)9-8-13(5)17-16-10-14(12(3)4)11-18(16)7-2/h6-7,10-12,17H,2,5,8-9,19H2,1,3-4H3/b15-6+. The lowest BCUT2D eigenvalue weighted by molar-refractivity contribution is 0.866. The SMILES string of the molecule is C=Cn1cc(C(C)C)cc1NC(=C)CC/C(P)=C\C. The molecule has 0 aliphatic rings. The Kier molecular flexibility index (Phi) is 6.11. The van der Waals surface area contributed by atoms with Gasteiger partial charge < -0.3 is 9.88 Å². The molecule has 1 rings (SSSR count). The number of anilines is 1. The molecule has 0 saturated carbocycles. The molecule has 1 N–H and O–H groups in total. The Labute approximate surface area is 119 Å². The van der Waals surface area contributed by atoms with Gasteiger partial charge in [-0.25, -0.2) is 0 Å². The summed E-state index contributed by atoms with van der Waals surface area (Å²) in [5.74, 6) is 1.55. The maximum atomic E-state index is 4.09. The molecule has 1 aromatic rings. The second-order valence-corrected chi connectivity index (χ2v) is 5.74. The minimum atomic E-state index is 0.511. The van der Waals surface area contributed by atoms with Crippen molar-refractivity contribution in [2.45, 2.75) is 39.5 Å². The minimum absolute atomic E-state index is 0.511. The summed E-state index contributed by atoms with van der Waals surface area (Å²) in [5, 5.41) is 4.69. The van der Waals surface area contributed by atoms with E-state index in [0.29, 0.717) is 5.92 Å². The van der Waals surface area contributed by atoms with Crippen molar-refractivity contribution in [1.82, 2.24) is 4.57 Å². The monoisotopic (exact) mass is 276 g/mol. The van der Waals surface area contributed by atoms with E-state index in [1.165, 1.54) is 10.9 Å². The minimum Gasteiger partial charge on any atom is -0.345 e. The predicted octanol–water partition coefficient (Wildman–Crippen LogP) is 5.20. The first-order chi connectivity index (χ1) is 8.97. The normalized spacial score (nSPS) is 11.7. The highest BCUT2D eigenvalue weighted by Gasteiger charge is 2.07. The number of rotatable bonds is 7. The van der Waals surface area contributed by atoms with E-state index in [0.717, 1.165) is 24.4 Å². The van der Waals surface area contributed by atoms with Crippen molar-refractivity contribution in [2.75, 3.05) is 5.32 Å². The molecule has 0 spiro atoms. The quantitative estimate of drug-likeness (QED) is 0.677. The van der Waals surface area contributed by atoms with E-state index in [4.69, 9.17) is 0 Å². The van der Waals surface area contributed by atoms with Crippen molar-refractivity contribution >= 4 is 21.3 Å². The first-order valence-electron chi connectivity index (χ1n) is 6.67. The zero-order valence-corrected chi connectivity index (χ0v) is 13.4. The lowest BCUT2D eigenvalue weighted by Gasteiger charge is -2.10. The number of hydrogen-bond acceptors (Lipinski definition) is 1. The van der Waals surface area contributed by atoms with Gasteiger partial charge >= 0.3 is 0 Å². The van der Waals surface area contributed by atoms with E-state index in [-0.39, 0.29) is 0 Å². The molecule has 0 aliphatic heterocycles. The summed E-state index contributed by atoms with van der Waals surface area (Å²) in [6, 6.07) is 2.16. The van der Waals surface area contributed by atoms with Crippen LogP contribution in [0.3, 0.4) is 0 Å². The molecule has 104 valence electrons. The van der Waals surface area contributed by atoms with Crippen LogP contribution in [-0.2, 0) is 0 Å². The van der Waals surface area contributed by atoms with Gasteiger partial charge in [-0.3, -0.25) is 0 Å². The van der Waals surface area contributed by atoms with Crippen molar-refractivity contribution in [3.8, 4) is 0 Å². The van der Waals surface area contributed by atoms with E-state index >= 15 is 0 Å². The van der Waals surface area contributed by atoms with Crippen molar-refractivity contribution in [3.05, 3.63) is 48.1 Å². The summed E-state index contributed by atoms with van der Waals surface area (Å²) in [5.41, 5.74) is 2.33. The third-order valence-electron chi connectivity index (χ3n) is 3.12. The van der Waals surface area contributed by atoms with E-state index in [1.54, 1.807) is 0 Å². The highest BCUT2D eigenvalue weighted by molar-refractivity contribution is 7.22. The molecular formula is C16H25N2P. The molecule has 2 nitrogen and oxygen atoms in total. The second kappa shape index (κ2) is 7.35. The van der Waals surface area contributed by atoms with Crippen LogP contribution < -0.4 is 5.32 Å². The average molecular weight is 276 g/mol. The Morgan fingerprint density at radius 2 is 2.16 bits per heavy atom. The zero-order chi connectivity index (χ0) is 14.4. The number of hydrogen-bond donors (Lipinski definition) is 1. The summed E-state index contributed by atoms with van der Waals surface area (Å²) in [6.07, 6.45) is 7.98. The smallest absolute Gasteiger partial charge is 0.114 e. The van der Waals surface area contributed by atoms with Crippen molar-refractivity contribution < 1.29 is 0 Å². The Morgan fingerprint density at radius 1 is 1.47 bits per heavy atom. The van der Waals surface area contributed by atoms with Crippen LogP contribution in [0.5, 0.6) is 0 Å². The summed E-state index contributed by atoms with van der Waals surface area (Å²) >= 11 is 0. The third-order valence-corrected chi connectivity index (χ3v) is 3.75. The van der Waals surface area contributed by atoms with Gasteiger partial charge in [-0.2, -0.15) is 0 Å². The van der Waals surface area contributed by atoms with E-state index in [2.05, 4.69) is 66.8 Å². The van der Waals surface area contributed by atoms with Crippen LogP contribution in [0.2, 0.25) is 0 Å². The summed E-state index contributed by atoms with van der Waals surface area (Å²) in [7, 11) is 2.76. The van der Waals surface area contributed by atoms with E-state index < -0.39 is 0 Å². The fraction of sp³-hybridized carbons (Fsp3) is 0.375. The van der Waals surface area contributed by atoms with Gasteiger partial charge in [0, 0.05) is 18.1 Å². The Hall–Kier alpha value is -1.27. The van der Waals surface area contributed by atoms with Crippen LogP contribution in [0.1, 0.15) is 45.1 Å². The van der Waals surface area contributed by atoms with Gasteiger partial charge in [-0.1, -0.05) is 38.4 Å². The van der Waals surface area contributed by atoms with E-state index in [1.807, 2.05) is 10.8 Å². The summed E-state index contributed by atoms with van der Waals surface area (Å²) in [6.45, 7) is 14.4. The molecule has 0 bridgehead atoms. The van der Waals surface area contributed by atoms with Gasteiger partial charge in [0.25, 0.3) is 0 Å². The van der Waals surface area contributed by atoms with Crippen molar-refractivity contribution in [2.24, 2.45) is 0 Å². The van der Waals surface area contributed by atoms with Crippen molar-refractivity contribution in [3.63, 3.8) is 0 Å². The fourth-order valence-electron chi connectivity index (χ4n) is 1.75. The number of allylic oxidation sites excluding steroid dienone is 3. The topological polar surface area (TPSA) is 17.0 Å². The molecule has 0 amide bonds. The summed E-state index contributed by atoms with van der Waals surface area (Å²) in [4.78, 5) is 0. The molecule has 3 heteroatoms. The molecule has 0 radical (unpaired) electrons. The maximum Gasteiger partial charge on any atom is 0.114 e. The maximum absolute atomic E-state index is 4.09. The molecule has 0 fully saturated rings. The third kappa shape index (κ3) is 4.72. The number of nitrogens with zero attached hydrogens (tertiary/aromatic N) is 1. The van der Waals surface area contributed by atoms with Gasteiger partial charge in [0.15, 0.2) is 0 Å². The first kappa shape index (κ1) is 15.8. The largest absolute Gasteiger partial charge is 0.345 e. The Morgan fingerprint density at radius 3 is 2.68 bits per heavy atom. The highest BCUT2D eigenvalue weighted by Crippen LogP contribution is 2.24.